The molecular formula is C25H36FN5O9S. The van der Waals surface area contributed by atoms with Crippen molar-refractivity contribution in [3.05, 3.63) is 57.5 Å². The Labute approximate surface area is 237 Å². The molecule has 14 nitrogen and oxygen atoms in total. The first kappa shape index (κ1) is 35.3. The molecule has 0 aliphatic carbocycles. The second-order valence-electron chi connectivity index (χ2n) is 9.22. The van der Waals surface area contributed by atoms with Gasteiger partial charge in [0.25, 0.3) is 5.09 Å². The lowest BCUT2D eigenvalue weighted by atomic mass is 9.97. The molecule has 0 aliphatic heterocycles. The van der Waals surface area contributed by atoms with Crippen molar-refractivity contribution < 1.29 is 48.6 Å². The van der Waals surface area contributed by atoms with Gasteiger partial charge in [-0.3, -0.25) is 0 Å². The fourth-order valence-corrected chi connectivity index (χ4v) is 3.66. The Bertz CT molecular complexity index is 1290. The summed E-state index contributed by atoms with van der Waals surface area (Å²) in [6, 6.07) is 5.46. The van der Waals surface area contributed by atoms with Crippen LogP contribution in [-0.4, -0.2) is 78.3 Å². The molecule has 0 spiro atoms. The number of carboxylic acids is 1. The molecule has 2 rings (SSSR count). The molecule has 0 fully saturated rings. The number of aliphatic carboxylic acids is 1. The lowest BCUT2D eigenvalue weighted by molar-refractivity contribution is -0.758. The number of rotatable bonds is 14. The highest BCUT2D eigenvalue weighted by Gasteiger charge is 2.22. The number of carbonyl (C=O) groups excluding carboxylic acids is 1. The van der Waals surface area contributed by atoms with Crippen molar-refractivity contribution in [2.45, 2.75) is 51.2 Å². The van der Waals surface area contributed by atoms with Crippen LogP contribution >= 0.6 is 0 Å². The number of anilines is 1. The molecule has 0 bridgehead atoms. The molecule has 0 amide bonds. The van der Waals surface area contributed by atoms with E-state index in [1.807, 2.05) is 13.8 Å². The van der Waals surface area contributed by atoms with Crippen LogP contribution < -0.4 is 15.1 Å². The van der Waals surface area contributed by atoms with Crippen LogP contribution in [0.15, 0.2) is 30.3 Å². The summed E-state index contributed by atoms with van der Waals surface area (Å²) >= 11 is 0. The van der Waals surface area contributed by atoms with Crippen molar-refractivity contribution in [1.82, 2.24) is 9.97 Å². The van der Waals surface area contributed by atoms with Crippen LogP contribution in [0.1, 0.15) is 50.3 Å². The smallest absolute Gasteiger partial charge is 0.294 e. The summed E-state index contributed by atoms with van der Waals surface area (Å²) < 4.78 is 38.6. The van der Waals surface area contributed by atoms with E-state index in [4.69, 9.17) is 0 Å². The summed E-state index contributed by atoms with van der Waals surface area (Å²) in [5.41, 5.74) is 5.24. The Morgan fingerprint density at radius 2 is 1.85 bits per heavy atom. The summed E-state index contributed by atoms with van der Waals surface area (Å²) in [7, 11) is -2.34. The number of nitrogens with zero attached hydrogens (tertiary/aromatic N) is 4. The van der Waals surface area contributed by atoms with E-state index >= 15 is 0 Å². The minimum Gasteiger partial charge on any atom is -0.550 e. The molecule has 0 radical (unpaired) electrons. The van der Waals surface area contributed by atoms with Crippen molar-refractivity contribution in [3.8, 4) is 11.3 Å². The highest BCUT2D eigenvalue weighted by atomic mass is 32.2. The second-order valence-corrected chi connectivity index (χ2v) is 11.2. The SMILES string of the molecule is CC(C)c1nc(N(C)S(C)(=O)=O)nc(-c2ccc(F)cc2)c1/C=C/[C@H](O)C[C@@H](O)CC(=O)[O-].[NH3+]CCCO[N+](=O)[O-]. The van der Waals surface area contributed by atoms with Crippen LogP contribution in [-0.2, 0) is 19.7 Å². The van der Waals surface area contributed by atoms with Crippen LogP contribution in [0, 0.1) is 15.9 Å². The van der Waals surface area contributed by atoms with E-state index in [-0.39, 0.29) is 24.9 Å². The zero-order valence-electron chi connectivity index (χ0n) is 23.3. The average molecular weight is 602 g/mol. The molecule has 41 heavy (non-hydrogen) atoms. The number of quaternary nitrogens is 1. The summed E-state index contributed by atoms with van der Waals surface area (Å²) in [6.45, 7) is 4.53. The summed E-state index contributed by atoms with van der Waals surface area (Å²) in [5, 5.41) is 39.2. The van der Waals surface area contributed by atoms with Crippen LogP contribution in [0.25, 0.3) is 17.3 Å². The maximum atomic E-state index is 13.5. The topological polar surface area (TPSA) is 224 Å². The van der Waals surface area contributed by atoms with Gasteiger partial charge in [-0.1, -0.05) is 26.0 Å². The molecule has 1 heterocycles. The number of halogens is 1. The van der Waals surface area contributed by atoms with E-state index in [2.05, 4.69) is 20.5 Å². The Balaban J connectivity index is 0.000000915. The molecule has 2 aromatic rings. The van der Waals surface area contributed by atoms with E-state index in [1.165, 1.54) is 43.5 Å². The minimum absolute atomic E-state index is 0.0670. The number of aliphatic hydroxyl groups is 2. The van der Waals surface area contributed by atoms with Gasteiger partial charge in [0.05, 0.1) is 36.4 Å². The van der Waals surface area contributed by atoms with Gasteiger partial charge < -0.3 is 30.7 Å². The Kier molecular flexibility index (Phi) is 14.2. The molecule has 0 saturated carbocycles. The molecule has 0 unspecified atom stereocenters. The quantitative estimate of drug-likeness (QED) is 0.147. The third kappa shape index (κ3) is 12.5. The van der Waals surface area contributed by atoms with Gasteiger partial charge in [-0.2, -0.15) is 0 Å². The Hall–Kier alpha value is -3.73. The summed E-state index contributed by atoms with van der Waals surface area (Å²) in [5.74, 6) is -2.14. The van der Waals surface area contributed by atoms with Crippen molar-refractivity contribution in [3.63, 3.8) is 0 Å². The number of hydrogen-bond acceptors (Lipinski definition) is 11. The number of hydrogen-bond donors (Lipinski definition) is 3. The van der Waals surface area contributed by atoms with Crippen LogP contribution in [0.4, 0.5) is 10.3 Å². The van der Waals surface area contributed by atoms with Gasteiger partial charge in [0.2, 0.25) is 16.0 Å². The molecule has 5 N–H and O–H groups in total. The number of aliphatic hydroxyl groups excluding tert-OH is 2. The van der Waals surface area contributed by atoms with E-state index in [0.717, 1.165) is 10.6 Å². The van der Waals surface area contributed by atoms with Crippen LogP contribution in [0.2, 0.25) is 0 Å². The largest absolute Gasteiger partial charge is 0.550 e. The maximum absolute atomic E-state index is 13.5. The summed E-state index contributed by atoms with van der Waals surface area (Å²) in [4.78, 5) is 32.8. The van der Waals surface area contributed by atoms with E-state index in [1.54, 1.807) is 0 Å². The van der Waals surface area contributed by atoms with Gasteiger partial charge >= 0.3 is 0 Å². The molecule has 16 heteroatoms. The average Bonchev–Trinajstić information content (AvgIpc) is 2.86. The first-order valence-electron chi connectivity index (χ1n) is 12.5. The Morgan fingerprint density at radius 1 is 1.24 bits per heavy atom. The van der Waals surface area contributed by atoms with E-state index in [0.29, 0.717) is 35.5 Å². The monoisotopic (exact) mass is 601 g/mol. The van der Waals surface area contributed by atoms with Gasteiger partial charge in [0, 0.05) is 43.4 Å². The highest BCUT2D eigenvalue weighted by molar-refractivity contribution is 7.92. The molecule has 2 atom stereocenters. The Morgan fingerprint density at radius 3 is 2.34 bits per heavy atom. The zero-order chi connectivity index (χ0) is 31.3. The normalized spacial score (nSPS) is 12.9. The van der Waals surface area contributed by atoms with Gasteiger partial charge in [-0.25, -0.2) is 27.1 Å². The standard InChI is InChI=1S/C22H28FN3O6S.C3H8N2O3/c1-13(2)20-18(10-9-16(27)11-17(28)12-19(29)30)21(14-5-7-15(23)8-6-14)25-22(24-20)26(3)33(4,31)32;4-2-1-3-8-5(6)7/h5-10,13,16-17,27-28H,11-12H2,1-4H3,(H,29,30);1-4H2/b10-9+;/t16-,17+;/m0./s1. The van der Waals surface area contributed by atoms with Gasteiger partial charge in [0.15, 0.2) is 0 Å². The lowest BCUT2D eigenvalue weighted by Crippen LogP contribution is -2.50. The van der Waals surface area contributed by atoms with Crippen molar-refractivity contribution in [1.29, 1.82) is 0 Å². The van der Waals surface area contributed by atoms with Crippen LogP contribution in [0.3, 0.4) is 0 Å². The third-order valence-corrected chi connectivity index (χ3v) is 6.56. The van der Waals surface area contributed by atoms with E-state index in [9.17, 15) is 43.0 Å². The number of benzene rings is 1. The highest BCUT2D eigenvalue weighted by Crippen LogP contribution is 2.31. The number of carbonyl (C=O) groups is 1. The van der Waals surface area contributed by atoms with Gasteiger partial charge in [0.1, 0.15) is 12.4 Å². The number of sulfonamides is 1. The van der Waals surface area contributed by atoms with Gasteiger partial charge in [-0.15, -0.1) is 10.1 Å². The zero-order valence-corrected chi connectivity index (χ0v) is 24.1. The van der Waals surface area contributed by atoms with Crippen molar-refractivity contribution in [2.75, 3.05) is 30.8 Å². The fraction of sp³-hybridized carbons (Fsp3) is 0.480. The minimum atomic E-state index is -3.66. The van der Waals surface area contributed by atoms with E-state index < -0.39 is 45.5 Å². The molecule has 1 aromatic heterocycles. The lowest BCUT2D eigenvalue weighted by Gasteiger charge is -2.20. The number of carboxylic acid groups (broad SMARTS) is 1. The van der Waals surface area contributed by atoms with Crippen LogP contribution in [0.5, 0.6) is 0 Å². The summed E-state index contributed by atoms with van der Waals surface area (Å²) in [6.07, 6.45) is 1.22. The molecular weight excluding hydrogens is 565 g/mol. The predicted octanol–water partition coefficient (Wildman–Crippen LogP) is -0.106. The van der Waals surface area contributed by atoms with Crippen molar-refractivity contribution >= 4 is 28.0 Å². The molecule has 1 aromatic carbocycles. The first-order chi connectivity index (χ1) is 19.1. The third-order valence-electron chi connectivity index (χ3n) is 5.40. The number of aromatic nitrogens is 2. The fourth-order valence-electron chi connectivity index (χ4n) is 3.28. The van der Waals surface area contributed by atoms with Crippen molar-refractivity contribution in [2.24, 2.45) is 0 Å². The molecule has 0 aliphatic rings. The predicted molar refractivity (Wildman–Crippen MR) is 145 cm³/mol. The first-order valence-corrected chi connectivity index (χ1v) is 14.3. The second kappa shape index (κ2) is 16.5. The molecule has 0 saturated heterocycles. The maximum Gasteiger partial charge on any atom is 0.294 e. The van der Waals surface area contributed by atoms with Gasteiger partial charge in [-0.05, 0) is 30.2 Å². The molecule has 228 valence electrons.